The van der Waals surface area contributed by atoms with E-state index < -0.39 is 14.5 Å². The minimum atomic E-state index is -1.87. The molecule has 0 radical (unpaired) electrons. The van der Waals surface area contributed by atoms with Gasteiger partial charge in [-0.3, -0.25) is 0 Å². The van der Waals surface area contributed by atoms with E-state index in [4.69, 9.17) is 0 Å². The first-order valence-corrected chi connectivity index (χ1v) is 19.9. The van der Waals surface area contributed by atoms with E-state index in [-0.39, 0.29) is 0 Å². The number of hydrogen-bond acceptors (Lipinski definition) is 0. The van der Waals surface area contributed by atoms with Crippen molar-refractivity contribution < 1.29 is 0 Å². The summed E-state index contributed by atoms with van der Waals surface area (Å²) in [7, 11) is -3.74. The molecule has 4 aromatic carbocycles. The lowest BCUT2D eigenvalue weighted by atomic mass is 10.1. The first-order valence-electron chi connectivity index (χ1n) is 15.0. The van der Waals surface area contributed by atoms with Gasteiger partial charge in [0.05, 0.1) is 13.3 Å². The Bertz CT molecular complexity index is 1320. The van der Waals surface area contributed by atoms with Gasteiger partial charge >= 0.3 is 0 Å². The summed E-state index contributed by atoms with van der Waals surface area (Å²) in [6, 6.07) is 19.4. The Morgan fingerprint density at radius 3 is 0.610 bits per heavy atom. The molecule has 0 aliphatic carbocycles. The van der Waals surface area contributed by atoms with Crippen molar-refractivity contribution in [3.05, 3.63) is 115 Å². The molecule has 0 amide bonds. The smallest absolute Gasteiger partial charge is 0.0524 e. The average Bonchev–Trinajstić information content (AvgIpc) is 2.75. The molecule has 0 atom stereocenters. The summed E-state index contributed by atoms with van der Waals surface area (Å²) in [5, 5.41) is 6.48. The van der Waals surface area contributed by atoms with Crippen LogP contribution in [0.25, 0.3) is 0 Å². The predicted octanol–water partition coefficient (Wildman–Crippen LogP) is 9.24. The summed E-state index contributed by atoms with van der Waals surface area (Å²) < 4.78 is 0. The fraction of sp³-hybridized carbons (Fsp3) is 0.385. The van der Waals surface area contributed by atoms with Crippen LogP contribution < -0.4 is 21.2 Å². The van der Waals surface area contributed by atoms with Gasteiger partial charge in [-0.1, -0.05) is 70.8 Å². The number of benzene rings is 4. The van der Waals surface area contributed by atoms with E-state index in [0.717, 1.165) is 0 Å². The van der Waals surface area contributed by atoms with Gasteiger partial charge in [0.25, 0.3) is 0 Å². The molecule has 0 unspecified atom stereocenters. The van der Waals surface area contributed by atoms with Gasteiger partial charge in [0.1, 0.15) is 35.7 Å². The maximum absolute atomic E-state index is 2.68. The van der Waals surface area contributed by atoms with Gasteiger partial charge in [-0.2, -0.15) is 0 Å². The van der Waals surface area contributed by atoms with Crippen molar-refractivity contribution >= 4 is 35.7 Å². The van der Waals surface area contributed by atoms with Gasteiger partial charge < -0.3 is 0 Å². The second kappa shape index (κ2) is 11.4. The third-order valence-electron chi connectivity index (χ3n) is 9.08. The van der Waals surface area contributed by atoms with Crippen LogP contribution in [0.15, 0.2) is 48.5 Å². The third-order valence-corrected chi connectivity index (χ3v) is 20.4. The standard InChI is InChI=1S/C39H52P2/c1-24-15-28(5)36(29(6)16-24)40(13,37-30(7)17-25(2)18-31(37)8)23-41(14,38-32(9)19-26(3)20-33(38)10)39-34(11)21-27(4)22-35(39)12/h15-22H,23H2,1-14H3/q+2. The molecule has 0 aliphatic rings. The SMILES string of the molecule is Cc1cc(C)c([P+](C)(C[P+](C)(c2c(C)cc(C)cc2C)c2c(C)cc(C)cc2C)c2c(C)cc(C)cc2C)c(C)c1. The van der Waals surface area contributed by atoms with Crippen molar-refractivity contribution in [3.8, 4) is 0 Å². The Labute approximate surface area is 252 Å². The molecular formula is C39H52P2+2. The quantitative estimate of drug-likeness (QED) is 0.199. The normalized spacial score (nSPS) is 12.2. The Hall–Kier alpha value is -2.26. The molecule has 41 heavy (non-hydrogen) atoms. The molecule has 0 N–H and O–H groups in total. The van der Waals surface area contributed by atoms with Crippen molar-refractivity contribution in [2.24, 2.45) is 0 Å². The van der Waals surface area contributed by atoms with Crippen molar-refractivity contribution in [2.75, 3.05) is 19.2 Å². The minimum Gasteiger partial charge on any atom is -0.0524 e. The summed E-state index contributed by atoms with van der Waals surface area (Å²) in [4.78, 5) is 0. The molecular weight excluding hydrogens is 530 g/mol. The monoisotopic (exact) mass is 582 g/mol. The molecule has 0 saturated carbocycles. The van der Waals surface area contributed by atoms with E-state index in [2.05, 4.69) is 145 Å². The summed E-state index contributed by atoms with van der Waals surface area (Å²) in [6.07, 6.45) is 0. The molecule has 2 heteroatoms. The zero-order chi connectivity index (χ0) is 30.6. The molecule has 0 heterocycles. The third kappa shape index (κ3) is 5.73. The highest BCUT2D eigenvalue weighted by molar-refractivity contribution is 8.04. The van der Waals surface area contributed by atoms with Crippen LogP contribution in [0.3, 0.4) is 0 Å². The van der Waals surface area contributed by atoms with Gasteiger partial charge in [0.15, 0.2) is 5.90 Å². The van der Waals surface area contributed by atoms with Crippen LogP contribution in [0, 0.1) is 83.1 Å². The van der Waals surface area contributed by atoms with Crippen LogP contribution in [0.2, 0.25) is 0 Å². The highest BCUT2D eigenvalue weighted by Crippen LogP contribution is 2.71. The molecule has 4 aromatic rings. The molecule has 0 nitrogen and oxygen atoms in total. The molecule has 0 saturated heterocycles. The lowest BCUT2D eigenvalue weighted by Gasteiger charge is -2.35. The van der Waals surface area contributed by atoms with Crippen LogP contribution in [-0.2, 0) is 0 Å². The van der Waals surface area contributed by atoms with Gasteiger partial charge in [-0.15, -0.1) is 0 Å². The Balaban J connectivity index is 2.20. The largest absolute Gasteiger partial charge is 0.178 e. The maximum atomic E-state index is 2.68. The van der Waals surface area contributed by atoms with Crippen LogP contribution in [0.5, 0.6) is 0 Å². The zero-order valence-corrected chi connectivity index (χ0v) is 30.0. The van der Waals surface area contributed by atoms with E-state index in [1.165, 1.54) is 72.7 Å². The van der Waals surface area contributed by atoms with Crippen molar-refractivity contribution in [1.29, 1.82) is 0 Å². The van der Waals surface area contributed by atoms with Gasteiger partial charge in [-0.05, 0) is 128 Å². The van der Waals surface area contributed by atoms with E-state index in [9.17, 15) is 0 Å². The summed E-state index contributed by atoms with van der Waals surface area (Å²) in [6.45, 7) is 33.3. The van der Waals surface area contributed by atoms with Gasteiger partial charge in [0.2, 0.25) is 0 Å². The number of hydrogen-bond donors (Lipinski definition) is 0. The van der Waals surface area contributed by atoms with Crippen molar-refractivity contribution in [2.45, 2.75) is 83.1 Å². The lowest BCUT2D eigenvalue weighted by molar-refractivity contribution is 1.33. The number of aryl methyl sites for hydroxylation is 12. The maximum Gasteiger partial charge on any atom is 0.178 e. The first-order chi connectivity index (χ1) is 19.0. The molecule has 4 rings (SSSR count). The highest BCUT2D eigenvalue weighted by Gasteiger charge is 2.56. The van der Waals surface area contributed by atoms with Crippen LogP contribution in [-0.4, -0.2) is 19.2 Å². The Kier molecular flexibility index (Phi) is 8.83. The minimum absolute atomic E-state index is 1.20. The zero-order valence-electron chi connectivity index (χ0n) is 28.2. The predicted molar refractivity (Wildman–Crippen MR) is 192 cm³/mol. The summed E-state index contributed by atoms with van der Waals surface area (Å²) in [5.41, 5.74) is 17.1. The fourth-order valence-corrected chi connectivity index (χ4v) is 22.9. The van der Waals surface area contributed by atoms with Crippen LogP contribution in [0.1, 0.15) is 66.8 Å². The molecule has 0 bridgehead atoms. The van der Waals surface area contributed by atoms with E-state index >= 15 is 0 Å². The van der Waals surface area contributed by atoms with Crippen LogP contribution >= 0.6 is 14.5 Å². The second-order valence-electron chi connectivity index (χ2n) is 13.5. The van der Waals surface area contributed by atoms with Gasteiger partial charge in [0, 0.05) is 0 Å². The second-order valence-corrected chi connectivity index (χ2v) is 21.2. The molecule has 216 valence electrons. The summed E-state index contributed by atoms with van der Waals surface area (Å²) in [5.74, 6) is 1.20. The molecule has 0 fully saturated rings. The summed E-state index contributed by atoms with van der Waals surface area (Å²) >= 11 is 0. The van der Waals surface area contributed by atoms with Gasteiger partial charge in [-0.25, -0.2) is 0 Å². The Morgan fingerprint density at radius 1 is 0.317 bits per heavy atom. The number of rotatable bonds is 6. The average molecular weight is 583 g/mol. The lowest BCUT2D eigenvalue weighted by Crippen LogP contribution is -2.38. The van der Waals surface area contributed by atoms with Crippen LogP contribution in [0.4, 0.5) is 0 Å². The first kappa shape index (κ1) is 31.7. The Morgan fingerprint density at radius 2 is 0.463 bits per heavy atom. The van der Waals surface area contributed by atoms with Crippen molar-refractivity contribution in [3.63, 3.8) is 0 Å². The highest BCUT2D eigenvalue weighted by atomic mass is 31.2. The van der Waals surface area contributed by atoms with E-state index in [1.54, 1.807) is 21.2 Å². The molecule has 0 aromatic heterocycles. The van der Waals surface area contributed by atoms with Crippen molar-refractivity contribution in [1.82, 2.24) is 0 Å². The molecule has 0 aliphatic heterocycles. The fourth-order valence-electron chi connectivity index (χ4n) is 8.88. The van der Waals surface area contributed by atoms with E-state index in [1.807, 2.05) is 0 Å². The van der Waals surface area contributed by atoms with E-state index in [0.29, 0.717) is 0 Å². The topological polar surface area (TPSA) is 0 Å². The molecule has 0 spiro atoms.